The molecule has 0 spiro atoms. The van der Waals surface area contributed by atoms with Crippen LogP contribution in [0.1, 0.15) is 70.6 Å². The molecule has 2 heterocycles. The molecular formula is C33H32F2N2O4. The lowest BCUT2D eigenvalue weighted by Crippen LogP contribution is -2.44. The average molecular weight is 559 g/mol. The maximum Gasteiger partial charge on any atom is 0.255 e. The number of ether oxygens (including phenoxy) is 1. The predicted octanol–water partition coefficient (Wildman–Crippen LogP) is 5.57. The van der Waals surface area contributed by atoms with Gasteiger partial charge in [0.1, 0.15) is 29.8 Å². The van der Waals surface area contributed by atoms with Crippen molar-refractivity contribution in [3.63, 3.8) is 0 Å². The lowest BCUT2D eigenvalue weighted by molar-refractivity contribution is -0.133. The SMILES string of the molecule is O=C1CCC(N2Cc3c(OCc4ccc(CN5CCC(c6ccc(F)cc6F)CC5)cc4)cccc3C2=O)C(=O)C1. The minimum atomic E-state index is -0.553. The molecule has 41 heavy (non-hydrogen) atoms. The zero-order valence-corrected chi connectivity index (χ0v) is 22.8. The Morgan fingerprint density at radius 3 is 2.37 bits per heavy atom. The normalized spacial score (nSPS) is 20.0. The van der Waals surface area contributed by atoms with Gasteiger partial charge in [0.15, 0.2) is 5.78 Å². The van der Waals surface area contributed by atoms with E-state index in [1.807, 2.05) is 18.2 Å². The van der Waals surface area contributed by atoms with E-state index >= 15 is 0 Å². The van der Waals surface area contributed by atoms with Gasteiger partial charge in [0.05, 0.1) is 19.0 Å². The fourth-order valence-electron chi connectivity index (χ4n) is 6.30. The Labute approximate surface area is 237 Å². The lowest BCUT2D eigenvalue weighted by atomic mass is 9.89. The number of benzene rings is 3. The number of piperidine rings is 1. The number of carbonyl (C=O) groups is 3. The quantitative estimate of drug-likeness (QED) is 0.355. The van der Waals surface area contributed by atoms with Crippen LogP contribution in [0, 0.1) is 11.6 Å². The van der Waals surface area contributed by atoms with Crippen LogP contribution >= 0.6 is 0 Å². The van der Waals surface area contributed by atoms with Gasteiger partial charge in [-0.1, -0.05) is 36.4 Å². The number of hydrogen-bond donors (Lipinski definition) is 0. The number of fused-ring (bicyclic) bond motifs is 1. The third kappa shape index (κ3) is 5.79. The Bertz CT molecular complexity index is 1480. The largest absolute Gasteiger partial charge is 0.489 e. The van der Waals surface area contributed by atoms with Crippen molar-refractivity contribution in [2.24, 2.45) is 0 Å². The second-order valence-electron chi connectivity index (χ2n) is 11.3. The van der Waals surface area contributed by atoms with Gasteiger partial charge in [-0.25, -0.2) is 8.78 Å². The Morgan fingerprint density at radius 2 is 1.63 bits per heavy atom. The third-order valence-electron chi connectivity index (χ3n) is 8.58. The van der Waals surface area contributed by atoms with E-state index < -0.39 is 17.7 Å². The topological polar surface area (TPSA) is 66.9 Å². The second-order valence-corrected chi connectivity index (χ2v) is 11.3. The molecule has 3 aliphatic rings. The van der Waals surface area contributed by atoms with Crippen molar-refractivity contribution in [3.8, 4) is 5.75 Å². The van der Waals surface area contributed by atoms with Crippen LogP contribution in [-0.2, 0) is 29.3 Å². The van der Waals surface area contributed by atoms with E-state index in [1.165, 1.54) is 11.6 Å². The molecule has 3 aromatic rings. The highest BCUT2D eigenvalue weighted by molar-refractivity contribution is 6.07. The van der Waals surface area contributed by atoms with E-state index in [9.17, 15) is 23.2 Å². The molecule has 1 amide bonds. The number of likely N-dealkylation sites (tertiary alicyclic amines) is 1. The summed E-state index contributed by atoms with van der Waals surface area (Å²) in [5, 5.41) is 0. The molecule has 0 bridgehead atoms. The number of nitrogens with zero attached hydrogens (tertiary/aromatic N) is 2. The Balaban J connectivity index is 1.03. The number of ketones is 2. The maximum atomic E-state index is 14.2. The van der Waals surface area contributed by atoms with Crippen LogP contribution < -0.4 is 4.74 Å². The number of halogens is 2. The van der Waals surface area contributed by atoms with Crippen LogP contribution in [-0.4, -0.2) is 46.4 Å². The first-order chi connectivity index (χ1) is 19.9. The Kier molecular flexibility index (Phi) is 7.67. The van der Waals surface area contributed by atoms with Gasteiger partial charge in [-0.15, -0.1) is 0 Å². The van der Waals surface area contributed by atoms with Crippen molar-refractivity contribution in [1.82, 2.24) is 9.80 Å². The highest BCUT2D eigenvalue weighted by Crippen LogP contribution is 2.35. The molecular weight excluding hydrogens is 526 g/mol. The van der Waals surface area contributed by atoms with Crippen molar-refractivity contribution in [2.75, 3.05) is 13.1 Å². The van der Waals surface area contributed by atoms with E-state index in [-0.39, 0.29) is 29.8 Å². The van der Waals surface area contributed by atoms with E-state index in [0.29, 0.717) is 42.9 Å². The van der Waals surface area contributed by atoms with Gasteiger partial charge in [0.25, 0.3) is 5.91 Å². The standard InChI is InChI=1S/C33H32F2N2O4/c34-24-8-10-26(29(35)16-24)23-12-14-36(15-13-23)18-21-4-6-22(7-5-21)20-41-32-3-1-2-27-28(32)19-37(33(27)40)30-11-9-25(38)17-31(30)39/h1-8,10,16,23,30H,9,11-15,17-20H2. The summed E-state index contributed by atoms with van der Waals surface area (Å²) < 4.78 is 33.6. The number of rotatable bonds is 7. The number of amides is 1. The molecule has 2 aliphatic heterocycles. The van der Waals surface area contributed by atoms with E-state index in [1.54, 1.807) is 23.1 Å². The molecule has 0 aromatic heterocycles. The van der Waals surface area contributed by atoms with Crippen molar-refractivity contribution in [2.45, 2.75) is 63.8 Å². The second kappa shape index (κ2) is 11.5. The highest BCUT2D eigenvalue weighted by Gasteiger charge is 2.40. The number of hydrogen-bond acceptors (Lipinski definition) is 5. The molecule has 3 aromatic carbocycles. The molecule has 8 heteroatoms. The molecule has 0 radical (unpaired) electrons. The van der Waals surface area contributed by atoms with Crippen LogP contribution in [0.25, 0.3) is 0 Å². The van der Waals surface area contributed by atoms with Crippen LogP contribution in [0.15, 0.2) is 60.7 Å². The van der Waals surface area contributed by atoms with Gasteiger partial charge in [-0.3, -0.25) is 19.3 Å². The van der Waals surface area contributed by atoms with Crippen LogP contribution in [0.2, 0.25) is 0 Å². The summed E-state index contributed by atoms with van der Waals surface area (Å²) in [5.74, 6) is -0.691. The first-order valence-electron chi connectivity index (χ1n) is 14.2. The maximum absolute atomic E-state index is 14.2. The summed E-state index contributed by atoms with van der Waals surface area (Å²) in [6.07, 6.45) is 2.28. The highest BCUT2D eigenvalue weighted by atomic mass is 19.1. The monoisotopic (exact) mass is 558 g/mol. The predicted molar refractivity (Wildman–Crippen MR) is 148 cm³/mol. The van der Waals surface area contributed by atoms with Gasteiger partial charge in [0.2, 0.25) is 0 Å². The molecule has 1 saturated carbocycles. The summed E-state index contributed by atoms with van der Waals surface area (Å²) in [5.41, 5.74) is 4.11. The summed E-state index contributed by atoms with van der Waals surface area (Å²) in [7, 11) is 0. The Morgan fingerprint density at radius 1 is 0.878 bits per heavy atom. The van der Waals surface area contributed by atoms with Crippen molar-refractivity contribution >= 4 is 17.5 Å². The molecule has 212 valence electrons. The van der Waals surface area contributed by atoms with Crippen molar-refractivity contribution in [3.05, 3.63) is 100 Å². The van der Waals surface area contributed by atoms with Gasteiger partial charge in [-0.2, -0.15) is 0 Å². The van der Waals surface area contributed by atoms with Crippen LogP contribution in [0.4, 0.5) is 8.78 Å². The van der Waals surface area contributed by atoms with Gasteiger partial charge < -0.3 is 9.64 Å². The van der Waals surface area contributed by atoms with Gasteiger partial charge in [0, 0.05) is 30.2 Å². The fourth-order valence-corrected chi connectivity index (χ4v) is 6.30. The lowest BCUT2D eigenvalue weighted by Gasteiger charge is -2.32. The van der Waals surface area contributed by atoms with Crippen molar-refractivity contribution in [1.29, 1.82) is 0 Å². The molecule has 1 aliphatic carbocycles. The van der Waals surface area contributed by atoms with E-state index in [0.717, 1.165) is 49.7 Å². The number of carbonyl (C=O) groups excluding carboxylic acids is 3. The fraction of sp³-hybridized carbons (Fsp3) is 0.364. The Hall–Kier alpha value is -3.91. The van der Waals surface area contributed by atoms with Crippen LogP contribution in [0.5, 0.6) is 5.75 Å². The molecule has 0 N–H and O–H groups in total. The van der Waals surface area contributed by atoms with Gasteiger partial charge in [-0.05, 0) is 73.2 Å². The first kappa shape index (κ1) is 27.3. The van der Waals surface area contributed by atoms with Gasteiger partial charge >= 0.3 is 0 Å². The smallest absolute Gasteiger partial charge is 0.255 e. The molecule has 2 fully saturated rings. The minimum absolute atomic E-state index is 0.0615. The zero-order valence-electron chi connectivity index (χ0n) is 22.8. The van der Waals surface area contributed by atoms with E-state index in [2.05, 4.69) is 17.0 Å². The summed E-state index contributed by atoms with van der Waals surface area (Å²) in [6.45, 7) is 3.15. The van der Waals surface area contributed by atoms with Crippen LogP contribution in [0.3, 0.4) is 0 Å². The third-order valence-corrected chi connectivity index (χ3v) is 8.58. The van der Waals surface area contributed by atoms with E-state index in [4.69, 9.17) is 4.74 Å². The zero-order chi connectivity index (χ0) is 28.5. The summed E-state index contributed by atoms with van der Waals surface area (Å²) in [4.78, 5) is 41.1. The minimum Gasteiger partial charge on any atom is -0.489 e. The molecule has 1 atom stereocenters. The molecule has 6 nitrogen and oxygen atoms in total. The van der Waals surface area contributed by atoms with Crippen molar-refractivity contribution < 1.29 is 27.9 Å². The average Bonchev–Trinajstić information content (AvgIpc) is 3.30. The number of Topliss-reactive ketones (excluding diaryl/α,β-unsaturated/α-hetero) is 2. The molecule has 1 unspecified atom stereocenters. The molecule has 6 rings (SSSR count). The first-order valence-corrected chi connectivity index (χ1v) is 14.2. The molecule has 1 saturated heterocycles. The summed E-state index contributed by atoms with van der Waals surface area (Å²) >= 11 is 0. The summed E-state index contributed by atoms with van der Waals surface area (Å²) in [6, 6.07) is 17.0.